The standard InChI is InChI=1S/C16H19N5O3/c1-24-15(23)16(7-2-3-8-16)17-14(22)12-6-4-5-11(9-12)10-13-18-20-21-19-13/h4-6,9H,2-3,7-8,10H2,1H3,(H,17,22)(H,18,19,20,21). The predicted molar refractivity (Wildman–Crippen MR) is 84.1 cm³/mol. The highest BCUT2D eigenvalue weighted by Gasteiger charge is 2.43. The van der Waals surface area contributed by atoms with Crippen LogP contribution in [0.3, 0.4) is 0 Å². The quantitative estimate of drug-likeness (QED) is 0.792. The largest absolute Gasteiger partial charge is 0.467 e. The van der Waals surface area contributed by atoms with Gasteiger partial charge in [-0.25, -0.2) is 4.79 Å². The summed E-state index contributed by atoms with van der Waals surface area (Å²) in [5, 5.41) is 16.6. The third kappa shape index (κ3) is 3.27. The monoisotopic (exact) mass is 329 g/mol. The molecule has 0 spiro atoms. The molecule has 1 heterocycles. The Morgan fingerprint density at radius 2 is 2.12 bits per heavy atom. The van der Waals surface area contributed by atoms with Crippen molar-refractivity contribution in [2.75, 3.05) is 7.11 Å². The van der Waals surface area contributed by atoms with Crippen LogP contribution in [-0.4, -0.2) is 45.1 Å². The fourth-order valence-corrected chi connectivity index (χ4v) is 3.11. The Hall–Kier alpha value is -2.77. The molecular formula is C16H19N5O3. The molecule has 1 aromatic heterocycles. The Bertz CT molecular complexity index is 723. The third-order valence-electron chi connectivity index (χ3n) is 4.33. The Kier molecular flexibility index (Phi) is 4.54. The Labute approximate surface area is 139 Å². The number of carbonyl (C=O) groups excluding carboxylic acids is 2. The smallest absolute Gasteiger partial charge is 0.331 e. The molecule has 1 aliphatic carbocycles. The van der Waals surface area contributed by atoms with Gasteiger partial charge in [-0.2, -0.15) is 5.21 Å². The molecule has 1 fully saturated rings. The van der Waals surface area contributed by atoms with Crippen molar-refractivity contribution in [3.05, 3.63) is 41.2 Å². The molecule has 8 nitrogen and oxygen atoms in total. The number of aromatic nitrogens is 4. The number of nitrogens with zero attached hydrogens (tertiary/aromatic N) is 3. The van der Waals surface area contributed by atoms with E-state index in [0.717, 1.165) is 18.4 Å². The Morgan fingerprint density at radius 3 is 2.79 bits per heavy atom. The molecule has 1 aromatic carbocycles. The molecule has 1 saturated carbocycles. The van der Waals surface area contributed by atoms with Gasteiger partial charge in [-0.05, 0) is 30.5 Å². The highest BCUT2D eigenvalue weighted by atomic mass is 16.5. The van der Waals surface area contributed by atoms with Crippen LogP contribution < -0.4 is 5.32 Å². The average molecular weight is 329 g/mol. The molecule has 24 heavy (non-hydrogen) atoms. The molecule has 0 atom stereocenters. The molecule has 1 aliphatic rings. The number of hydrogen-bond acceptors (Lipinski definition) is 6. The molecule has 0 radical (unpaired) electrons. The summed E-state index contributed by atoms with van der Waals surface area (Å²) >= 11 is 0. The first kappa shape index (κ1) is 16.1. The summed E-state index contributed by atoms with van der Waals surface area (Å²) in [7, 11) is 1.35. The van der Waals surface area contributed by atoms with E-state index in [1.807, 2.05) is 6.07 Å². The lowest BCUT2D eigenvalue weighted by atomic mass is 9.96. The molecule has 126 valence electrons. The van der Waals surface area contributed by atoms with Gasteiger partial charge in [-0.1, -0.05) is 30.2 Å². The number of aromatic amines is 1. The van der Waals surface area contributed by atoms with Gasteiger partial charge in [0, 0.05) is 12.0 Å². The molecule has 0 aliphatic heterocycles. The summed E-state index contributed by atoms with van der Waals surface area (Å²) in [5.41, 5.74) is 0.476. The Morgan fingerprint density at radius 1 is 1.33 bits per heavy atom. The highest BCUT2D eigenvalue weighted by Crippen LogP contribution is 2.31. The van der Waals surface area contributed by atoms with Gasteiger partial charge in [0.2, 0.25) is 0 Å². The summed E-state index contributed by atoms with van der Waals surface area (Å²) in [6.07, 6.45) is 3.47. The highest BCUT2D eigenvalue weighted by molar-refractivity contribution is 5.98. The van der Waals surface area contributed by atoms with Gasteiger partial charge in [0.1, 0.15) is 5.54 Å². The number of amides is 1. The molecule has 0 saturated heterocycles. The van der Waals surface area contributed by atoms with Crippen molar-refractivity contribution in [1.29, 1.82) is 0 Å². The number of carbonyl (C=O) groups is 2. The summed E-state index contributed by atoms with van der Waals surface area (Å²) in [4.78, 5) is 24.7. The SMILES string of the molecule is COC(=O)C1(NC(=O)c2cccc(Cc3nn[nH]n3)c2)CCCC1. The second-order valence-corrected chi connectivity index (χ2v) is 5.94. The predicted octanol–water partition coefficient (Wildman–Crippen LogP) is 1.01. The summed E-state index contributed by atoms with van der Waals surface area (Å²) < 4.78 is 4.89. The van der Waals surface area contributed by atoms with Crippen LogP contribution in [0.4, 0.5) is 0 Å². The zero-order chi connectivity index (χ0) is 17.0. The van der Waals surface area contributed by atoms with Crippen molar-refractivity contribution in [2.45, 2.75) is 37.6 Å². The number of methoxy groups -OCH3 is 1. The molecule has 0 bridgehead atoms. The second kappa shape index (κ2) is 6.77. The number of benzene rings is 1. The number of hydrogen-bond donors (Lipinski definition) is 2. The molecule has 2 N–H and O–H groups in total. The van der Waals surface area contributed by atoms with Crippen LogP contribution in [0.25, 0.3) is 0 Å². The van der Waals surface area contributed by atoms with Crippen molar-refractivity contribution < 1.29 is 14.3 Å². The van der Waals surface area contributed by atoms with E-state index in [-0.39, 0.29) is 11.9 Å². The number of nitrogens with one attached hydrogen (secondary N) is 2. The van der Waals surface area contributed by atoms with Crippen molar-refractivity contribution in [3.63, 3.8) is 0 Å². The molecule has 0 unspecified atom stereocenters. The molecule has 3 rings (SSSR count). The number of ether oxygens (including phenoxy) is 1. The fraction of sp³-hybridized carbons (Fsp3) is 0.438. The molecule has 8 heteroatoms. The van der Waals surface area contributed by atoms with Gasteiger partial charge in [-0.15, -0.1) is 10.2 Å². The van der Waals surface area contributed by atoms with Crippen LogP contribution in [0.15, 0.2) is 24.3 Å². The maximum Gasteiger partial charge on any atom is 0.331 e. The van der Waals surface area contributed by atoms with Gasteiger partial charge in [0.25, 0.3) is 5.91 Å². The summed E-state index contributed by atoms with van der Waals surface area (Å²) in [6.45, 7) is 0. The minimum absolute atomic E-state index is 0.280. The maximum absolute atomic E-state index is 12.6. The average Bonchev–Trinajstić information content (AvgIpc) is 3.27. The van der Waals surface area contributed by atoms with Crippen LogP contribution in [0.1, 0.15) is 47.4 Å². The van der Waals surface area contributed by atoms with E-state index in [1.165, 1.54) is 7.11 Å². The van der Waals surface area contributed by atoms with Crippen molar-refractivity contribution in [3.8, 4) is 0 Å². The van der Waals surface area contributed by atoms with Crippen LogP contribution in [-0.2, 0) is 16.0 Å². The fourth-order valence-electron chi connectivity index (χ4n) is 3.11. The zero-order valence-electron chi connectivity index (χ0n) is 13.4. The van der Waals surface area contributed by atoms with Gasteiger partial charge >= 0.3 is 5.97 Å². The summed E-state index contributed by atoms with van der Waals surface area (Å²) in [6, 6.07) is 7.17. The number of H-pyrrole nitrogens is 1. The third-order valence-corrected chi connectivity index (χ3v) is 4.33. The number of esters is 1. The minimum Gasteiger partial charge on any atom is -0.467 e. The van der Waals surface area contributed by atoms with E-state index < -0.39 is 5.54 Å². The van der Waals surface area contributed by atoms with Crippen molar-refractivity contribution >= 4 is 11.9 Å². The number of rotatable bonds is 5. The van der Waals surface area contributed by atoms with Gasteiger partial charge in [0.05, 0.1) is 7.11 Å². The molecule has 1 amide bonds. The molecular weight excluding hydrogens is 310 g/mol. The lowest BCUT2D eigenvalue weighted by Crippen LogP contribution is -2.53. The zero-order valence-corrected chi connectivity index (χ0v) is 13.4. The normalized spacial score (nSPS) is 15.9. The van der Waals surface area contributed by atoms with Crippen LogP contribution in [0.5, 0.6) is 0 Å². The van der Waals surface area contributed by atoms with E-state index >= 15 is 0 Å². The van der Waals surface area contributed by atoms with E-state index in [1.54, 1.807) is 18.2 Å². The summed E-state index contributed by atoms with van der Waals surface area (Å²) in [5.74, 6) is -0.108. The lowest BCUT2D eigenvalue weighted by Gasteiger charge is -2.27. The minimum atomic E-state index is -0.907. The van der Waals surface area contributed by atoms with Crippen LogP contribution >= 0.6 is 0 Å². The lowest BCUT2D eigenvalue weighted by molar-refractivity contribution is -0.148. The van der Waals surface area contributed by atoms with Gasteiger partial charge in [0.15, 0.2) is 5.82 Å². The van der Waals surface area contributed by atoms with Gasteiger partial charge in [-0.3, -0.25) is 4.79 Å². The number of tetrazole rings is 1. The molecule has 2 aromatic rings. The van der Waals surface area contributed by atoms with E-state index in [9.17, 15) is 9.59 Å². The first-order valence-electron chi connectivity index (χ1n) is 7.85. The van der Waals surface area contributed by atoms with Gasteiger partial charge < -0.3 is 10.1 Å². The van der Waals surface area contributed by atoms with Crippen LogP contribution in [0, 0.1) is 0 Å². The first-order valence-corrected chi connectivity index (χ1v) is 7.85. The van der Waals surface area contributed by atoms with Crippen LogP contribution in [0.2, 0.25) is 0 Å². The van der Waals surface area contributed by atoms with Crippen molar-refractivity contribution in [2.24, 2.45) is 0 Å². The topological polar surface area (TPSA) is 110 Å². The second-order valence-electron chi connectivity index (χ2n) is 5.94. The Balaban J connectivity index is 1.76. The van der Waals surface area contributed by atoms with Crippen molar-refractivity contribution in [1.82, 2.24) is 25.9 Å². The first-order chi connectivity index (χ1) is 11.6. The van der Waals surface area contributed by atoms with E-state index in [2.05, 4.69) is 25.9 Å². The van der Waals surface area contributed by atoms with E-state index in [4.69, 9.17) is 4.74 Å². The maximum atomic E-state index is 12.6. The van der Waals surface area contributed by atoms with E-state index in [0.29, 0.717) is 30.7 Å².